The van der Waals surface area contributed by atoms with Crippen LogP contribution in [0.3, 0.4) is 0 Å². The molecule has 3 nitrogen and oxygen atoms in total. The Morgan fingerprint density at radius 1 is 1.53 bits per heavy atom. The van der Waals surface area contributed by atoms with Crippen molar-refractivity contribution in [3.63, 3.8) is 0 Å². The van der Waals surface area contributed by atoms with Crippen LogP contribution in [0.5, 0.6) is 0 Å². The van der Waals surface area contributed by atoms with Gasteiger partial charge in [-0.3, -0.25) is 0 Å². The monoisotopic (exact) mass is 243 g/mol. The topological polar surface area (TPSA) is 43.3 Å². The predicted octanol–water partition coefficient (Wildman–Crippen LogP) is 2.36. The fourth-order valence-electron chi connectivity index (χ4n) is 2.10. The van der Waals surface area contributed by atoms with E-state index in [1.165, 1.54) is 5.56 Å². The van der Waals surface area contributed by atoms with Gasteiger partial charge in [-0.05, 0) is 24.5 Å². The second-order valence-electron chi connectivity index (χ2n) is 3.67. The number of aromatic nitrogens is 2. The van der Waals surface area contributed by atoms with E-state index >= 15 is 0 Å². The molecule has 0 bridgehead atoms. The maximum absolute atomic E-state index is 6.13. The Balaban J connectivity index is 0.000000853. The average Bonchev–Trinajstić information content (AvgIpc) is 2.60. The second kappa shape index (κ2) is 3.67. The first-order chi connectivity index (χ1) is 6.77. The molecule has 0 amide bonds. The number of nitrogens with two attached hydrogens (primary N) is 1. The summed E-state index contributed by atoms with van der Waals surface area (Å²) >= 11 is 6.13. The van der Waals surface area contributed by atoms with Gasteiger partial charge in [0.1, 0.15) is 0 Å². The van der Waals surface area contributed by atoms with E-state index in [1.54, 1.807) is 6.33 Å². The number of hydrogen-bond acceptors (Lipinski definition) is 2. The summed E-state index contributed by atoms with van der Waals surface area (Å²) in [4.78, 5) is 4.33. The summed E-state index contributed by atoms with van der Waals surface area (Å²) in [5.74, 6) is 0. The zero-order chi connectivity index (χ0) is 9.71. The molecule has 2 N–H and O–H groups in total. The summed E-state index contributed by atoms with van der Waals surface area (Å²) in [6, 6.07) is 1.97. The van der Waals surface area contributed by atoms with Gasteiger partial charge in [0, 0.05) is 17.3 Å². The van der Waals surface area contributed by atoms with Crippen LogP contribution in [0, 0.1) is 0 Å². The Morgan fingerprint density at radius 2 is 2.33 bits per heavy atom. The molecule has 0 radical (unpaired) electrons. The van der Waals surface area contributed by atoms with Crippen LogP contribution in [0.25, 0.3) is 5.52 Å². The van der Waals surface area contributed by atoms with Crippen LogP contribution in [-0.2, 0) is 6.42 Å². The van der Waals surface area contributed by atoms with E-state index in [9.17, 15) is 0 Å². The van der Waals surface area contributed by atoms with Crippen molar-refractivity contribution < 1.29 is 0 Å². The van der Waals surface area contributed by atoms with Crippen LogP contribution in [0.15, 0.2) is 18.6 Å². The van der Waals surface area contributed by atoms with E-state index < -0.39 is 0 Å². The second-order valence-corrected chi connectivity index (χ2v) is 4.08. The minimum atomic E-state index is 0. The molecular formula is C10H11Cl2N3. The minimum Gasteiger partial charge on any atom is -0.323 e. The van der Waals surface area contributed by atoms with Crippen LogP contribution in [-0.4, -0.2) is 9.38 Å². The minimum absolute atomic E-state index is 0. The molecule has 2 aromatic heterocycles. The van der Waals surface area contributed by atoms with Crippen molar-refractivity contribution in [2.45, 2.75) is 18.9 Å². The predicted molar refractivity (Wildman–Crippen MR) is 62.7 cm³/mol. The van der Waals surface area contributed by atoms with E-state index in [-0.39, 0.29) is 18.4 Å². The molecular weight excluding hydrogens is 233 g/mol. The van der Waals surface area contributed by atoms with Crippen molar-refractivity contribution in [2.24, 2.45) is 5.73 Å². The number of nitrogens with zero attached hydrogens (tertiary/aromatic N) is 2. The fraction of sp³-hybridized carbons (Fsp3) is 0.300. The van der Waals surface area contributed by atoms with E-state index in [4.69, 9.17) is 17.3 Å². The molecule has 0 fully saturated rings. The molecule has 3 rings (SSSR count). The van der Waals surface area contributed by atoms with Gasteiger partial charge in [0.05, 0.1) is 17.5 Å². The van der Waals surface area contributed by atoms with Crippen molar-refractivity contribution in [1.29, 1.82) is 0 Å². The smallest absolute Gasteiger partial charge is 0.0996 e. The van der Waals surface area contributed by atoms with Gasteiger partial charge in [-0.1, -0.05) is 11.6 Å². The number of halogens is 2. The highest BCUT2D eigenvalue weighted by molar-refractivity contribution is 6.31. The van der Waals surface area contributed by atoms with Crippen LogP contribution in [0.4, 0.5) is 0 Å². The van der Waals surface area contributed by atoms with Gasteiger partial charge in [0.15, 0.2) is 0 Å². The highest BCUT2D eigenvalue weighted by Crippen LogP contribution is 2.33. The largest absolute Gasteiger partial charge is 0.323 e. The molecule has 0 aromatic carbocycles. The Hall–Kier alpha value is -0.770. The summed E-state index contributed by atoms with van der Waals surface area (Å²) in [5.41, 5.74) is 9.25. The first kappa shape index (κ1) is 10.7. The lowest BCUT2D eigenvalue weighted by Gasteiger charge is -2.18. The number of aryl methyl sites for hydroxylation is 1. The quantitative estimate of drug-likeness (QED) is 0.773. The zero-order valence-electron chi connectivity index (χ0n) is 7.98. The van der Waals surface area contributed by atoms with Crippen LogP contribution < -0.4 is 5.73 Å². The third kappa shape index (κ3) is 1.42. The summed E-state index contributed by atoms with van der Waals surface area (Å²) in [5, 5.41) is 0.825. The third-order valence-corrected chi connectivity index (χ3v) is 3.19. The Bertz CT molecular complexity index is 507. The standard InChI is InChI=1S/C10H10ClN3.ClH/c11-7-3-4-14-5-13-9-8(12)2-1-6(7)10(9)14;/h3-5,8H,1-2,12H2;1H. The lowest BCUT2D eigenvalue weighted by molar-refractivity contribution is 0.627. The Morgan fingerprint density at radius 3 is 3.13 bits per heavy atom. The van der Waals surface area contributed by atoms with Crippen molar-refractivity contribution in [3.05, 3.63) is 34.9 Å². The number of pyridine rings is 1. The van der Waals surface area contributed by atoms with Gasteiger partial charge in [-0.25, -0.2) is 4.98 Å². The van der Waals surface area contributed by atoms with Gasteiger partial charge >= 0.3 is 0 Å². The molecule has 0 aliphatic heterocycles. The average molecular weight is 244 g/mol. The molecule has 2 aromatic rings. The van der Waals surface area contributed by atoms with Crippen LogP contribution in [0.1, 0.15) is 23.7 Å². The van der Waals surface area contributed by atoms with Gasteiger partial charge in [-0.15, -0.1) is 12.4 Å². The van der Waals surface area contributed by atoms with Crippen LogP contribution >= 0.6 is 24.0 Å². The number of imidazole rings is 1. The van der Waals surface area contributed by atoms with Crippen molar-refractivity contribution in [3.8, 4) is 0 Å². The van der Waals surface area contributed by atoms with E-state index in [1.807, 2.05) is 16.7 Å². The lowest BCUT2D eigenvalue weighted by atomic mass is 9.95. The molecule has 1 aliphatic carbocycles. The number of hydrogen-bond donors (Lipinski definition) is 1. The highest BCUT2D eigenvalue weighted by atomic mass is 35.5. The molecule has 5 heteroatoms. The van der Waals surface area contributed by atoms with Crippen LogP contribution in [0.2, 0.25) is 5.02 Å². The molecule has 15 heavy (non-hydrogen) atoms. The maximum Gasteiger partial charge on any atom is 0.0996 e. The highest BCUT2D eigenvalue weighted by Gasteiger charge is 2.22. The van der Waals surface area contributed by atoms with E-state index in [0.29, 0.717) is 0 Å². The summed E-state index contributed by atoms with van der Waals surface area (Å²) in [7, 11) is 0. The van der Waals surface area contributed by atoms with Crippen molar-refractivity contribution in [1.82, 2.24) is 9.38 Å². The number of rotatable bonds is 0. The molecule has 1 unspecified atom stereocenters. The van der Waals surface area contributed by atoms with Gasteiger partial charge in [0.2, 0.25) is 0 Å². The molecule has 80 valence electrons. The molecule has 1 atom stereocenters. The molecule has 0 saturated heterocycles. The van der Waals surface area contributed by atoms with Gasteiger partial charge in [-0.2, -0.15) is 0 Å². The van der Waals surface area contributed by atoms with Gasteiger partial charge in [0.25, 0.3) is 0 Å². The summed E-state index contributed by atoms with van der Waals surface area (Å²) in [6.45, 7) is 0. The van der Waals surface area contributed by atoms with E-state index in [0.717, 1.165) is 29.1 Å². The lowest BCUT2D eigenvalue weighted by Crippen LogP contribution is -2.16. The van der Waals surface area contributed by atoms with Gasteiger partial charge < -0.3 is 10.1 Å². The third-order valence-electron chi connectivity index (χ3n) is 2.83. The maximum atomic E-state index is 6.13. The SMILES string of the molecule is Cl.NC1CCc2c(Cl)ccn3cnc1c23. The molecule has 2 heterocycles. The normalized spacial score (nSPS) is 18.9. The summed E-state index contributed by atoms with van der Waals surface area (Å²) in [6.07, 6.45) is 5.61. The van der Waals surface area contributed by atoms with Crippen molar-refractivity contribution >= 4 is 29.5 Å². The molecule has 1 aliphatic rings. The fourth-order valence-corrected chi connectivity index (χ4v) is 2.34. The first-order valence-electron chi connectivity index (χ1n) is 4.67. The van der Waals surface area contributed by atoms with E-state index in [2.05, 4.69) is 4.98 Å². The Labute approximate surface area is 98.7 Å². The first-order valence-corrected chi connectivity index (χ1v) is 5.04. The van der Waals surface area contributed by atoms with Crippen molar-refractivity contribution in [2.75, 3.05) is 0 Å². The summed E-state index contributed by atoms with van der Waals surface area (Å²) < 4.78 is 2.00. The molecule has 0 saturated carbocycles. The zero-order valence-corrected chi connectivity index (χ0v) is 9.55. The Kier molecular flexibility index (Phi) is 2.63. The molecule has 0 spiro atoms.